The zero-order valence-corrected chi connectivity index (χ0v) is 17.0. The van der Waals surface area contributed by atoms with Crippen molar-refractivity contribution in [2.45, 2.75) is 44.2 Å². The third-order valence-corrected chi connectivity index (χ3v) is 5.38. The van der Waals surface area contributed by atoms with Crippen molar-refractivity contribution in [2.75, 3.05) is 7.11 Å². The van der Waals surface area contributed by atoms with Gasteiger partial charge in [0.15, 0.2) is 5.82 Å². The minimum absolute atomic E-state index is 0. The highest BCUT2D eigenvalue weighted by Crippen LogP contribution is 2.34. The van der Waals surface area contributed by atoms with Crippen molar-refractivity contribution in [2.24, 2.45) is 5.73 Å². The number of nitrogens with two attached hydrogens (primary N) is 1. The predicted molar refractivity (Wildman–Crippen MR) is 112 cm³/mol. The largest absolute Gasteiger partial charge is 0.380 e. The first-order chi connectivity index (χ1) is 13.2. The van der Waals surface area contributed by atoms with Gasteiger partial charge in [-0.15, -0.1) is 17.5 Å². The van der Waals surface area contributed by atoms with Gasteiger partial charge in [-0.3, -0.25) is 4.98 Å². The molecule has 6 nitrogen and oxygen atoms in total. The molecule has 0 bridgehead atoms. The number of aryl methyl sites for hydroxylation is 1. The van der Waals surface area contributed by atoms with E-state index < -0.39 is 0 Å². The van der Waals surface area contributed by atoms with E-state index in [0.717, 1.165) is 47.7 Å². The van der Waals surface area contributed by atoms with Crippen LogP contribution in [0.4, 0.5) is 0 Å². The van der Waals surface area contributed by atoms with Crippen LogP contribution in [0, 0.1) is 6.92 Å². The van der Waals surface area contributed by atoms with Crippen LogP contribution in [0.2, 0.25) is 0 Å². The molecule has 0 saturated heterocycles. The Labute approximate surface area is 171 Å². The molecule has 3 atom stereocenters. The summed E-state index contributed by atoms with van der Waals surface area (Å²) in [4.78, 5) is 9.15. The molecule has 148 valence electrons. The molecule has 2 heterocycles. The summed E-state index contributed by atoms with van der Waals surface area (Å²) >= 11 is 0. The standard InChI is InChI=1S/C21H25N5O.ClH/c1-14-13-23-11-10-18(14)26-21(16-8-9-19(27-2)17(22)12-16)24-20(25-26)15-6-4-3-5-7-15;/h3-7,10-11,13,16-17,19H,8-9,12,22H2,1-2H3;1H/t16-,17+,19+;/m0./s1. The van der Waals surface area contributed by atoms with Gasteiger partial charge in [0.25, 0.3) is 0 Å². The lowest BCUT2D eigenvalue weighted by molar-refractivity contribution is 0.0482. The Bertz CT molecular complexity index is 914. The quantitative estimate of drug-likeness (QED) is 0.724. The van der Waals surface area contributed by atoms with Crippen LogP contribution in [0.15, 0.2) is 48.8 Å². The molecule has 1 saturated carbocycles. The van der Waals surface area contributed by atoms with Gasteiger partial charge < -0.3 is 10.5 Å². The number of ether oxygens (including phenoxy) is 1. The molecule has 1 aromatic carbocycles. The number of aromatic nitrogens is 4. The Balaban J connectivity index is 0.00000225. The third-order valence-electron chi connectivity index (χ3n) is 5.38. The minimum atomic E-state index is 0. The maximum atomic E-state index is 6.36. The molecular weight excluding hydrogens is 374 g/mol. The van der Waals surface area contributed by atoms with Gasteiger partial charge in [-0.1, -0.05) is 30.3 Å². The molecule has 0 unspecified atom stereocenters. The van der Waals surface area contributed by atoms with Crippen LogP contribution in [0.5, 0.6) is 0 Å². The molecule has 0 radical (unpaired) electrons. The first-order valence-corrected chi connectivity index (χ1v) is 9.39. The highest BCUT2D eigenvalue weighted by molar-refractivity contribution is 5.85. The van der Waals surface area contributed by atoms with Crippen molar-refractivity contribution in [3.05, 3.63) is 60.2 Å². The highest BCUT2D eigenvalue weighted by atomic mass is 35.5. The van der Waals surface area contributed by atoms with E-state index >= 15 is 0 Å². The molecule has 0 amide bonds. The van der Waals surface area contributed by atoms with Gasteiger partial charge in [-0.25, -0.2) is 9.67 Å². The number of halogens is 1. The van der Waals surface area contributed by atoms with Gasteiger partial charge in [0.05, 0.1) is 11.8 Å². The zero-order valence-electron chi connectivity index (χ0n) is 16.2. The van der Waals surface area contributed by atoms with E-state index in [2.05, 4.69) is 4.98 Å². The topological polar surface area (TPSA) is 78.9 Å². The SMILES string of the molecule is CO[C@@H]1CC[C@H](c2nc(-c3ccccc3)nn2-c2ccncc2C)C[C@H]1N.Cl. The number of rotatable bonds is 4. The molecule has 7 heteroatoms. The first kappa shape index (κ1) is 20.5. The van der Waals surface area contributed by atoms with Crippen molar-refractivity contribution in [3.8, 4) is 17.1 Å². The molecular formula is C21H26ClN5O. The Morgan fingerprint density at radius 1 is 1.14 bits per heavy atom. The second kappa shape index (κ2) is 8.82. The maximum absolute atomic E-state index is 6.36. The fourth-order valence-corrected chi connectivity index (χ4v) is 3.88. The van der Waals surface area contributed by atoms with Crippen LogP contribution < -0.4 is 5.73 Å². The highest BCUT2D eigenvalue weighted by Gasteiger charge is 2.32. The normalized spacial score (nSPS) is 21.9. The fourth-order valence-electron chi connectivity index (χ4n) is 3.88. The lowest BCUT2D eigenvalue weighted by Gasteiger charge is -2.32. The second-order valence-corrected chi connectivity index (χ2v) is 7.18. The van der Waals surface area contributed by atoms with Crippen molar-refractivity contribution >= 4 is 12.4 Å². The van der Waals surface area contributed by atoms with Gasteiger partial charge >= 0.3 is 0 Å². The molecule has 1 aliphatic carbocycles. The molecule has 0 spiro atoms. The number of methoxy groups -OCH3 is 1. The monoisotopic (exact) mass is 399 g/mol. The summed E-state index contributed by atoms with van der Waals surface area (Å²) in [6.07, 6.45) is 6.54. The van der Waals surface area contributed by atoms with E-state index in [4.69, 9.17) is 20.6 Å². The number of nitrogens with zero attached hydrogens (tertiary/aromatic N) is 4. The summed E-state index contributed by atoms with van der Waals surface area (Å²) in [5.74, 6) is 1.96. The summed E-state index contributed by atoms with van der Waals surface area (Å²) < 4.78 is 7.50. The van der Waals surface area contributed by atoms with E-state index in [1.807, 2.05) is 54.2 Å². The maximum Gasteiger partial charge on any atom is 0.181 e. The predicted octanol–water partition coefficient (Wildman–Crippen LogP) is 3.67. The summed E-state index contributed by atoms with van der Waals surface area (Å²) in [6, 6.07) is 12.1. The van der Waals surface area contributed by atoms with Crippen molar-refractivity contribution in [3.63, 3.8) is 0 Å². The van der Waals surface area contributed by atoms with Crippen LogP contribution in [-0.4, -0.2) is 39.0 Å². The first-order valence-electron chi connectivity index (χ1n) is 9.39. The van der Waals surface area contributed by atoms with Crippen LogP contribution in [0.1, 0.15) is 36.6 Å². The van der Waals surface area contributed by atoms with Crippen molar-refractivity contribution < 1.29 is 4.74 Å². The van der Waals surface area contributed by atoms with Gasteiger partial charge in [0.1, 0.15) is 5.82 Å². The summed E-state index contributed by atoms with van der Waals surface area (Å²) in [7, 11) is 1.74. The fraction of sp³-hybridized carbons (Fsp3) is 0.381. The lowest BCUT2D eigenvalue weighted by atomic mass is 9.83. The van der Waals surface area contributed by atoms with Gasteiger partial charge in [0, 0.05) is 37.0 Å². The van der Waals surface area contributed by atoms with Crippen LogP contribution in [0.3, 0.4) is 0 Å². The molecule has 4 rings (SSSR count). The Kier molecular flexibility index (Phi) is 6.44. The minimum Gasteiger partial charge on any atom is -0.380 e. The molecule has 3 aromatic rings. The van der Waals surface area contributed by atoms with Crippen LogP contribution in [0.25, 0.3) is 17.1 Å². The number of pyridine rings is 1. The molecule has 28 heavy (non-hydrogen) atoms. The van der Waals surface area contributed by atoms with E-state index in [1.54, 1.807) is 13.3 Å². The summed E-state index contributed by atoms with van der Waals surface area (Å²) in [5.41, 5.74) is 9.45. The molecule has 1 fully saturated rings. The Morgan fingerprint density at radius 3 is 2.61 bits per heavy atom. The third kappa shape index (κ3) is 3.94. The zero-order chi connectivity index (χ0) is 18.8. The molecule has 2 N–H and O–H groups in total. The molecule has 2 aromatic heterocycles. The van der Waals surface area contributed by atoms with E-state index in [0.29, 0.717) is 0 Å². The summed E-state index contributed by atoms with van der Waals surface area (Å²) in [5, 5.41) is 4.86. The van der Waals surface area contributed by atoms with Gasteiger partial charge in [-0.2, -0.15) is 0 Å². The van der Waals surface area contributed by atoms with E-state index in [-0.39, 0.29) is 30.5 Å². The van der Waals surface area contributed by atoms with Crippen molar-refractivity contribution in [1.82, 2.24) is 19.7 Å². The van der Waals surface area contributed by atoms with Crippen LogP contribution >= 0.6 is 12.4 Å². The number of hydrogen-bond acceptors (Lipinski definition) is 5. The smallest absolute Gasteiger partial charge is 0.181 e. The summed E-state index contributed by atoms with van der Waals surface area (Å²) in [6.45, 7) is 2.05. The van der Waals surface area contributed by atoms with Gasteiger partial charge in [-0.05, 0) is 37.8 Å². The van der Waals surface area contributed by atoms with Gasteiger partial charge in [0.2, 0.25) is 0 Å². The number of hydrogen-bond donors (Lipinski definition) is 1. The Hall–Kier alpha value is -2.28. The van der Waals surface area contributed by atoms with E-state index in [1.165, 1.54) is 0 Å². The molecule has 1 aliphatic rings. The van der Waals surface area contributed by atoms with Crippen LogP contribution in [-0.2, 0) is 4.74 Å². The second-order valence-electron chi connectivity index (χ2n) is 7.18. The van der Waals surface area contributed by atoms with Crippen molar-refractivity contribution in [1.29, 1.82) is 0 Å². The number of benzene rings is 1. The average molecular weight is 400 g/mol. The van der Waals surface area contributed by atoms with E-state index in [9.17, 15) is 0 Å². The Morgan fingerprint density at radius 2 is 1.93 bits per heavy atom. The lowest BCUT2D eigenvalue weighted by Crippen LogP contribution is -2.41. The molecule has 0 aliphatic heterocycles. The average Bonchev–Trinajstić information content (AvgIpc) is 3.14.